The lowest BCUT2D eigenvalue weighted by Gasteiger charge is -1.98. The third kappa shape index (κ3) is 11.1. The van der Waals surface area contributed by atoms with Gasteiger partial charge in [0.25, 0.3) is 5.91 Å². The number of aliphatic imine (C=N–C) groups is 1. The summed E-state index contributed by atoms with van der Waals surface area (Å²) in [6, 6.07) is 0. The molecule has 0 saturated heterocycles. The summed E-state index contributed by atoms with van der Waals surface area (Å²) < 4.78 is 0. The maximum Gasteiger partial charge on any atom is 0.254 e. The molecule has 3 heteroatoms. The zero-order valence-corrected chi connectivity index (χ0v) is 10.0. The Kier molecular flexibility index (Phi) is 10.7. The number of allylic oxidation sites excluding steroid dienone is 1. The van der Waals surface area contributed by atoms with E-state index < -0.39 is 0 Å². The van der Waals surface area contributed by atoms with Crippen LogP contribution >= 0.6 is 12.2 Å². The van der Waals surface area contributed by atoms with Crippen molar-refractivity contribution in [1.82, 2.24) is 0 Å². The first-order valence-electron chi connectivity index (χ1n) is 5.53. The van der Waals surface area contributed by atoms with Crippen molar-refractivity contribution in [2.75, 3.05) is 0 Å². The first-order valence-corrected chi connectivity index (χ1v) is 5.93. The fraction of sp³-hybridized carbons (Fsp3) is 0.667. The van der Waals surface area contributed by atoms with Crippen molar-refractivity contribution in [3.05, 3.63) is 12.7 Å². The number of thiocarbonyl (C=S) groups is 1. The SMILES string of the molecule is C=CCCCCCCCCC(=O)N=C=S. The minimum atomic E-state index is -0.142. The molecule has 0 spiro atoms. The van der Waals surface area contributed by atoms with Crippen molar-refractivity contribution in [2.24, 2.45) is 4.99 Å². The first-order chi connectivity index (χ1) is 7.31. The molecule has 15 heavy (non-hydrogen) atoms. The molecule has 0 unspecified atom stereocenters. The van der Waals surface area contributed by atoms with Gasteiger partial charge in [-0.15, -0.1) is 6.58 Å². The predicted octanol–water partition coefficient (Wildman–Crippen LogP) is 3.92. The van der Waals surface area contributed by atoms with Gasteiger partial charge in [0.1, 0.15) is 0 Å². The van der Waals surface area contributed by atoms with Crippen LogP contribution in [0.15, 0.2) is 17.6 Å². The molecule has 2 nitrogen and oxygen atoms in total. The summed E-state index contributed by atoms with van der Waals surface area (Å²) in [6.45, 7) is 3.68. The summed E-state index contributed by atoms with van der Waals surface area (Å²) in [6.07, 6.45) is 10.5. The van der Waals surface area contributed by atoms with E-state index in [0.717, 1.165) is 19.3 Å². The number of carbonyl (C=O) groups is 1. The van der Waals surface area contributed by atoms with Crippen LogP contribution < -0.4 is 0 Å². The van der Waals surface area contributed by atoms with Crippen LogP contribution in [0.3, 0.4) is 0 Å². The minimum absolute atomic E-state index is 0.142. The topological polar surface area (TPSA) is 29.4 Å². The lowest BCUT2D eigenvalue weighted by molar-refractivity contribution is -0.117. The zero-order chi connectivity index (χ0) is 11.4. The Bertz CT molecular complexity index is 232. The lowest BCUT2D eigenvalue weighted by atomic mass is 10.1. The second kappa shape index (κ2) is 11.3. The van der Waals surface area contributed by atoms with Crippen molar-refractivity contribution in [1.29, 1.82) is 0 Å². The predicted molar refractivity (Wildman–Crippen MR) is 67.2 cm³/mol. The van der Waals surface area contributed by atoms with Gasteiger partial charge in [0.15, 0.2) is 0 Å². The normalized spacial score (nSPS) is 9.33. The molecule has 0 aliphatic heterocycles. The summed E-state index contributed by atoms with van der Waals surface area (Å²) >= 11 is 4.34. The third-order valence-corrected chi connectivity index (χ3v) is 2.31. The van der Waals surface area contributed by atoms with Crippen molar-refractivity contribution in [3.63, 3.8) is 0 Å². The number of rotatable bonds is 9. The van der Waals surface area contributed by atoms with Crippen LogP contribution in [0.25, 0.3) is 0 Å². The quantitative estimate of drug-likeness (QED) is 0.257. The van der Waals surface area contributed by atoms with Gasteiger partial charge in [0.2, 0.25) is 0 Å². The standard InChI is InChI=1S/C12H19NOS/c1-2-3-4-5-6-7-8-9-10-12(14)13-11-15/h2H,1,3-10H2. The molecule has 0 rings (SSSR count). The number of carbonyl (C=O) groups excluding carboxylic acids is 1. The Balaban J connectivity index is 3.14. The molecule has 1 amide bonds. The van der Waals surface area contributed by atoms with E-state index in [9.17, 15) is 4.79 Å². The van der Waals surface area contributed by atoms with Crippen LogP contribution in [0.4, 0.5) is 0 Å². The molecule has 0 aliphatic rings. The molecule has 0 fully saturated rings. The van der Waals surface area contributed by atoms with Crippen molar-refractivity contribution in [3.8, 4) is 0 Å². The van der Waals surface area contributed by atoms with Gasteiger partial charge in [-0.25, -0.2) is 0 Å². The number of amides is 1. The fourth-order valence-electron chi connectivity index (χ4n) is 1.38. The van der Waals surface area contributed by atoms with Crippen molar-refractivity contribution < 1.29 is 4.79 Å². The molecule has 0 aromatic heterocycles. The molecule has 0 heterocycles. The van der Waals surface area contributed by atoms with Crippen molar-refractivity contribution >= 4 is 23.3 Å². The molecule has 0 atom stereocenters. The van der Waals surface area contributed by atoms with E-state index in [4.69, 9.17) is 0 Å². The molecule has 0 saturated carbocycles. The number of isothiocyanates is 1. The number of nitrogens with zero attached hydrogens (tertiary/aromatic N) is 1. The highest BCUT2D eigenvalue weighted by Gasteiger charge is 1.97. The van der Waals surface area contributed by atoms with Crippen molar-refractivity contribution in [2.45, 2.75) is 51.4 Å². The molecular formula is C12H19NOS. The smallest absolute Gasteiger partial charge is 0.254 e. The molecule has 0 N–H and O–H groups in total. The minimum Gasteiger partial charge on any atom is -0.272 e. The molecule has 0 aromatic carbocycles. The Morgan fingerprint density at radius 2 is 1.80 bits per heavy atom. The second-order valence-electron chi connectivity index (χ2n) is 3.55. The lowest BCUT2D eigenvalue weighted by Crippen LogP contribution is -1.91. The molecule has 0 bridgehead atoms. The van der Waals surface area contributed by atoms with Crippen LogP contribution in [-0.2, 0) is 4.79 Å². The van der Waals surface area contributed by atoms with Crippen LogP contribution in [0.5, 0.6) is 0 Å². The van der Waals surface area contributed by atoms with Crippen LogP contribution in [-0.4, -0.2) is 11.1 Å². The summed E-state index contributed by atoms with van der Waals surface area (Å²) in [7, 11) is 0. The van der Waals surface area contributed by atoms with E-state index in [1.807, 2.05) is 6.08 Å². The van der Waals surface area contributed by atoms with Gasteiger partial charge in [-0.3, -0.25) is 4.79 Å². The highest BCUT2D eigenvalue weighted by Crippen LogP contribution is 2.08. The van der Waals surface area contributed by atoms with E-state index in [0.29, 0.717) is 6.42 Å². The summed E-state index contributed by atoms with van der Waals surface area (Å²) in [5, 5.41) is 2.09. The molecular weight excluding hydrogens is 206 g/mol. The Labute approximate surface area is 97.5 Å². The fourth-order valence-corrected chi connectivity index (χ4v) is 1.48. The van der Waals surface area contributed by atoms with E-state index >= 15 is 0 Å². The zero-order valence-electron chi connectivity index (χ0n) is 9.21. The maximum absolute atomic E-state index is 10.9. The summed E-state index contributed by atoms with van der Waals surface area (Å²) in [5.41, 5.74) is 0. The van der Waals surface area contributed by atoms with Gasteiger partial charge in [-0.1, -0.05) is 31.8 Å². The first kappa shape index (κ1) is 14.2. The van der Waals surface area contributed by atoms with Crippen LogP contribution in [0, 0.1) is 0 Å². The molecule has 0 aromatic rings. The van der Waals surface area contributed by atoms with Crippen LogP contribution in [0.1, 0.15) is 51.4 Å². The Morgan fingerprint density at radius 3 is 2.40 bits per heavy atom. The van der Waals surface area contributed by atoms with E-state index in [-0.39, 0.29) is 5.91 Å². The van der Waals surface area contributed by atoms with E-state index in [1.54, 1.807) is 0 Å². The summed E-state index contributed by atoms with van der Waals surface area (Å²) in [4.78, 5) is 14.3. The van der Waals surface area contributed by atoms with Gasteiger partial charge >= 0.3 is 0 Å². The Hall–Kier alpha value is -0.790. The number of hydrogen-bond acceptors (Lipinski definition) is 2. The highest BCUT2D eigenvalue weighted by atomic mass is 32.1. The van der Waals surface area contributed by atoms with E-state index in [2.05, 4.69) is 29.0 Å². The van der Waals surface area contributed by atoms with Gasteiger partial charge in [0, 0.05) is 6.42 Å². The molecule has 0 radical (unpaired) electrons. The Morgan fingerprint density at radius 1 is 1.20 bits per heavy atom. The van der Waals surface area contributed by atoms with Gasteiger partial charge in [-0.05, 0) is 31.5 Å². The number of unbranched alkanes of at least 4 members (excludes halogenated alkanes) is 6. The second-order valence-corrected chi connectivity index (χ2v) is 3.73. The third-order valence-electron chi connectivity index (χ3n) is 2.22. The van der Waals surface area contributed by atoms with Gasteiger partial charge in [-0.2, -0.15) is 4.99 Å². The largest absolute Gasteiger partial charge is 0.272 e. The van der Waals surface area contributed by atoms with E-state index in [1.165, 1.54) is 25.7 Å². The highest BCUT2D eigenvalue weighted by molar-refractivity contribution is 7.78. The molecule has 84 valence electrons. The average molecular weight is 225 g/mol. The summed E-state index contributed by atoms with van der Waals surface area (Å²) in [5.74, 6) is -0.142. The molecule has 0 aliphatic carbocycles. The number of hydrogen-bond donors (Lipinski definition) is 0. The van der Waals surface area contributed by atoms with Gasteiger partial charge < -0.3 is 0 Å². The average Bonchev–Trinajstić information content (AvgIpc) is 2.22. The maximum atomic E-state index is 10.9. The van der Waals surface area contributed by atoms with Crippen LogP contribution in [0.2, 0.25) is 0 Å². The van der Waals surface area contributed by atoms with Gasteiger partial charge in [0.05, 0.1) is 5.16 Å². The monoisotopic (exact) mass is 225 g/mol.